The number of aromatic nitrogens is 2. The van der Waals surface area contributed by atoms with Gasteiger partial charge in [-0.2, -0.15) is 5.10 Å². The number of nitrogens with one attached hydrogen (secondary N) is 1. The third-order valence-corrected chi connectivity index (χ3v) is 3.30. The lowest BCUT2D eigenvalue weighted by Gasteiger charge is -2.22. The first-order valence-corrected chi connectivity index (χ1v) is 5.90. The van der Waals surface area contributed by atoms with Crippen LogP contribution in [0.25, 0.3) is 10.9 Å². The molecule has 1 N–H and O–H groups in total. The Hall–Kier alpha value is -1.75. The zero-order valence-corrected chi connectivity index (χ0v) is 9.47. The highest BCUT2D eigenvalue weighted by Crippen LogP contribution is 2.24. The van der Waals surface area contributed by atoms with E-state index in [0.29, 0.717) is 11.7 Å². The van der Waals surface area contributed by atoms with Crippen molar-refractivity contribution in [3.05, 3.63) is 29.3 Å². The molecule has 2 aromatic rings. The van der Waals surface area contributed by atoms with E-state index in [1.54, 1.807) is 12.1 Å². The van der Waals surface area contributed by atoms with Crippen LogP contribution in [0.5, 0.6) is 0 Å². The number of hydrogen-bond donors (Lipinski definition) is 1. The fourth-order valence-electron chi connectivity index (χ4n) is 2.34. The average molecular weight is 230 g/mol. The molecular formula is C12H14N4O. The number of piperidine rings is 1. The molecule has 0 unspecified atom stereocenters. The maximum absolute atomic E-state index is 10.5. The second-order valence-corrected chi connectivity index (χ2v) is 4.42. The van der Waals surface area contributed by atoms with Gasteiger partial charge in [-0.05, 0) is 49.3 Å². The second kappa shape index (κ2) is 4.25. The molecule has 2 heterocycles. The Kier molecular flexibility index (Phi) is 2.60. The Bertz CT molecular complexity index is 542. The summed E-state index contributed by atoms with van der Waals surface area (Å²) in [5.41, 5.74) is 1.29. The van der Waals surface area contributed by atoms with Crippen molar-refractivity contribution in [2.45, 2.75) is 18.9 Å². The SMILES string of the molecule is O=Nc1ccc2cn(C3CCNCC3)nc2c1. The highest BCUT2D eigenvalue weighted by atomic mass is 16.3. The zero-order valence-electron chi connectivity index (χ0n) is 9.47. The van der Waals surface area contributed by atoms with E-state index in [0.717, 1.165) is 36.8 Å². The molecule has 1 aromatic heterocycles. The molecule has 1 aliphatic heterocycles. The van der Waals surface area contributed by atoms with Crippen LogP contribution < -0.4 is 5.32 Å². The molecule has 0 bridgehead atoms. The lowest BCUT2D eigenvalue weighted by atomic mass is 10.1. The van der Waals surface area contributed by atoms with Gasteiger partial charge in [-0.15, -0.1) is 4.91 Å². The van der Waals surface area contributed by atoms with Gasteiger partial charge in [0, 0.05) is 11.6 Å². The lowest BCUT2D eigenvalue weighted by molar-refractivity contribution is 0.345. The van der Waals surface area contributed by atoms with Gasteiger partial charge < -0.3 is 5.32 Å². The van der Waals surface area contributed by atoms with Gasteiger partial charge in [0.1, 0.15) is 5.69 Å². The number of nitroso groups, excluding NO2 is 1. The minimum Gasteiger partial charge on any atom is -0.317 e. The fourth-order valence-corrected chi connectivity index (χ4v) is 2.34. The fraction of sp³-hybridized carbons (Fsp3) is 0.417. The summed E-state index contributed by atoms with van der Waals surface area (Å²) in [6, 6.07) is 5.83. The van der Waals surface area contributed by atoms with Crippen molar-refractivity contribution in [3.8, 4) is 0 Å². The molecule has 0 amide bonds. The van der Waals surface area contributed by atoms with Crippen molar-refractivity contribution in [2.24, 2.45) is 5.18 Å². The minimum atomic E-state index is 0.438. The summed E-state index contributed by atoms with van der Waals surface area (Å²) in [6.07, 6.45) is 4.26. The molecule has 5 heteroatoms. The van der Waals surface area contributed by atoms with Crippen LogP contribution in [0, 0.1) is 4.91 Å². The van der Waals surface area contributed by atoms with Crippen LogP contribution in [-0.4, -0.2) is 22.9 Å². The van der Waals surface area contributed by atoms with Gasteiger partial charge in [0.15, 0.2) is 0 Å². The minimum absolute atomic E-state index is 0.438. The predicted molar refractivity (Wildman–Crippen MR) is 66.3 cm³/mol. The molecule has 88 valence electrons. The van der Waals surface area contributed by atoms with Crippen molar-refractivity contribution < 1.29 is 0 Å². The number of fused-ring (bicyclic) bond motifs is 1. The van der Waals surface area contributed by atoms with Crippen LogP contribution in [0.3, 0.4) is 0 Å². The van der Waals surface area contributed by atoms with E-state index < -0.39 is 0 Å². The Morgan fingerprint density at radius 2 is 2.18 bits per heavy atom. The van der Waals surface area contributed by atoms with E-state index in [-0.39, 0.29) is 0 Å². The van der Waals surface area contributed by atoms with Crippen LogP contribution in [0.2, 0.25) is 0 Å². The van der Waals surface area contributed by atoms with E-state index in [9.17, 15) is 4.91 Å². The third-order valence-electron chi connectivity index (χ3n) is 3.30. The number of hydrogen-bond acceptors (Lipinski definition) is 4. The standard InChI is InChI=1S/C12H14N4O/c17-15-10-2-1-9-8-16(14-12(9)7-10)11-3-5-13-6-4-11/h1-2,7-8,11,13H,3-6H2. The Balaban J connectivity index is 1.97. The zero-order chi connectivity index (χ0) is 11.7. The molecule has 0 saturated carbocycles. The molecule has 1 aromatic carbocycles. The summed E-state index contributed by atoms with van der Waals surface area (Å²) in [5.74, 6) is 0. The van der Waals surface area contributed by atoms with E-state index >= 15 is 0 Å². The first-order chi connectivity index (χ1) is 8.36. The quantitative estimate of drug-likeness (QED) is 0.806. The van der Waals surface area contributed by atoms with E-state index in [4.69, 9.17) is 0 Å². The van der Waals surface area contributed by atoms with Crippen LogP contribution in [0.1, 0.15) is 18.9 Å². The average Bonchev–Trinajstić information content (AvgIpc) is 2.82. The van der Waals surface area contributed by atoms with E-state index in [2.05, 4.69) is 21.8 Å². The highest BCUT2D eigenvalue weighted by molar-refractivity contribution is 5.81. The molecule has 17 heavy (non-hydrogen) atoms. The molecule has 1 aliphatic rings. The molecular weight excluding hydrogens is 216 g/mol. The molecule has 0 atom stereocenters. The van der Waals surface area contributed by atoms with E-state index in [1.807, 2.05) is 10.7 Å². The third kappa shape index (κ3) is 1.93. The topological polar surface area (TPSA) is 59.3 Å². The van der Waals surface area contributed by atoms with Crippen molar-refractivity contribution in [1.82, 2.24) is 15.1 Å². The molecule has 3 rings (SSSR count). The lowest BCUT2D eigenvalue weighted by Crippen LogP contribution is -2.29. The first kappa shape index (κ1) is 10.4. The van der Waals surface area contributed by atoms with Crippen molar-refractivity contribution in [1.29, 1.82) is 0 Å². The maximum Gasteiger partial charge on any atom is 0.110 e. The second-order valence-electron chi connectivity index (χ2n) is 4.42. The van der Waals surface area contributed by atoms with Crippen LogP contribution in [0.4, 0.5) is 5.69 Å². The van der Waals surface area contributed by atoms with Crippen LogP contribution in [0.15, 0.2) is 29.6 Å². The van der Waals surface area contributed by atoms with Gasteiger partial charge in [-0.1, -0.05) is 0 Å². The highest BCUT2D eigenvalue weighted by Gasteiger charge is 2.16. The summed E-state index contributed by atoms with van der Waals surface area (Å²) < 4.78 is 2.03. The molecule has 0 spiro atoms. The van der Waals surface area contributed by atoms with Gasteiger partial charge in [0.05, 0.1) is 11.6 Å². The van der Waals surface area contributed by atoms with E-state index in [1.165, 1.54) is 0 Å². The Labute approximate surface area is 98.8 Å². The molecule has 1 fully saturated rings. The van der Waals surface area contributed by atoms with Crippen molar-refractivity contribution in [3.63, 3.8) is 0 Å². The van der Waals surface area contributed by atoms with Gasteiger partial charge >= 0.3 is 0 Å². The largest absolute Gasteiger partial charge is 0.317 e. The van der Waals surface area contributed by atoms with Crippen LogP contribution in [-0.2, 0) is 0 Å². The molecule has 1 saturated heterocycles. The first-order valence-electron chi connectivity index (χ1n) is 5.90. The monoisotopic (exact) mass is 230 g/mol. The molecule has 0 aliphatic carbocycles. The summed E-state index contributed by atoms with van der Waals surface area (Å²) in [7, 11) is 0. The summed E-state index contributed by atoms with van der Waals surface area (Å²) >= 11 is 0. The maximum atomic E-state index is 10.5. The summed E-state index contributed by atoms with van der Waals surface area (Å²) in [5, 5.41) is 11.9. The van der Waals surface area contributed by atoms with Gasteiger partial charge in [0.2, 0.25) is 0 Å². The normalized spacial score (nSPS) is 17.4. The van der Waals surface area contributed by atoms with Gasteiger partial charge in [-0.3, -0.25) is 4.68 Å². The number of rotatable bonds is 2. The molecule has 5 nitrogen and oxygen atoms in total. The smallest absolute Gasteiger partial charge is 0.110 e. The summed E-state index contributed by atoms with van der Waals surface area (Å²) in [6.45, 7) is 2.09. The van der Waals surface area contributed by atoms with Crippen molar-refractivity contribution >= 4 is 16.6 Å². The number of nitrogens with zero attached hydrogens (tertiary/aromatic N) is 3. The van der Waals surface area contributed by atoms with Crippen LogP contribution >= 0.6 is 0 Å². The Morgan fingerprint density at radius 1 is 1.35 bits per heavy atom. The molecule has 0 radical (unpaired) electrons. The van der Waals surface area contributed by atoms with Crippen molar-refractivity contribution in [2.75, 3.05) is 13.1 Å². The van der Waals surface area contributed by atoms with Gasteiger partial charge in [-0.25, -0.2) is 0 Å². The summed E-state index contributed by atoms with van der Waals surface area (Å²) in [4.78, 5) is 10.5. The number of benzene rings is 1. The predicted octanol–water partition coefficient (Wildman–Crippen LogP) is 2.36. The Morgan fingerprint density at radius 3 is 2.94 bits per heavy atom. The van der Waals surface area contributed by atoms with Gasteiger partial charge in [0.25, 0.3) is 0 Å².